The number of aromatic nitrogens is 3. The van der Waals surface area contributed by atoms with Crippen molar-refractivity contribution < 1.29 is 4.74 Å². The summed E-state index contributed by atoms with van der Waals surface area (Å²) in [6.07, 6.45) is 5.60. The first-order valence-electron chi connectivity index (χ1n) is 9.33. The summed E-state index contributed by atoms with van der Waals surface area (Å²) in [5.74, 6) is 1.77. The molecule has 2 aromatic carbocycles. The average molecular weight is 378 g/mol. The van der Waals surface area contributed by atoms with Crippen LogP contribution >= 0.6 is 11.6 Å². The Kier molecular flexibility index (Phi) is 4.13. The molecule has 5 heteroatoms. The van der Waals surface area contributed by atoms with Crippen LogP contribution in [0.3, 0.4) is 0 Å². The van der Waals surface area contributed by atoms with Crippen molar-refractivity contribution in [1.29, 1.82) is 0 Å². The van der Waals surface area contributed by atoms with Gasteiger partial charge in [-0.05, 0) is 49.1 Å². The highest BCUT2D eigenvalue weighted by molar-refractivity contribution is 6.30. The van der Waals surface area contributed by atoms with Gasteiger partial charge in [0, 0.05) is 28.9 Å². The molecule has 0 N–H and O–H groups in total. The molecule has 0 spiro atoms. The molecule has 5 rings (SSSR count). The van der Waals surface area contributed by atoms with E-state index in [4.69, 9.17) is 21.4 Å². The topological polar surface area (TPSA) is 31.5 Å². The van der Waals surface area contributed by atoms with E-state index in [2.05, 4.69) is 41.1 Å². The minimum absolute atomic E-state index is 0.448. The smallest absolute Gasteiger partial charge is 0.169 e. The number of rotatable bonds is 4. The Balaban J connectivity index is 1.52. The molecule has 1 aliphatic heterocycles. The van der Waals surface area contributed by atoms with Gasteiger partial charge in [0.2, 0.25) is 0 Å². The SMILES string of the molecule is Clc1ccc(OCc2nn3cc(-c4ccccc4)c4c3n2CCCC4)cc1. The van der Waals surface area contributed by atoms with Crippen LogP contribution < -0.4 is 4.74 Å². The van der Waals surface area contributed by atoms with E-state index < -0.39 is 0 Å². The number of hydrogen-bond donors (Lipinski definition) is 0. The Morgan fingerprint density at radius 3 is 2.63 bits per heavy atom. The molecule has 27 heavy (non-hydrogen) atoms. The van der Waals surface area contributed by atoms with Crippen LogP contribution in [0.5, 0.6) is 5.75 Å². The van der Waals surface area contributed by atoms with Crippen molar-refractivity contribution in [2.45, 2.75) is 32.4 Å². The summed E-state index contributed by atoms with van der Waals surface area (Å²) < 4.78 is 10.3. The molecule has 0 saturated heterocycles. The highest BCUT2D eigenvalue weighted by atomic mass is 35.5. The zero-order valence-corrected chi connectivity index (χ0v) is 15.7. The maximum atomic E-state index is 5.95. The standard InChI is InChI=1S/C22H20ClN3O/c23-17-9-11-18(12-10-17)27-15-21-24-26-14-20(16-6-2-1-3-7-16)19-8-4-5-13-25(21)22(19)26/h1-3,6-7,9-12,14H,4-5,8,13,15H2. The van der Waals surface area contributed by atoms with Crippen LogP contribution in [0, 0.1) is 0 Å². The molecule has 0 radical (unpaired) electrons. The molecule has 4 aromatic rings. The van der Waals surface area contributed by atoms with Gasteiger partial charge in [0.1, 0.15) is 18.0 Å². The summed E-state index contributed by atoms with van der Waals surface area (Å²) in [6.45, 7) is 1.43. The zero-order valence-electron chi connectivity index (χ0n) is 14.9. The molecular formula is C22H20ClN3O. The summed E-state index contributed by atoms with van der Waals surface area (Å²) in [5.41, 5.74) is 5.15. The minimum atomic E-state index is 0.448. The average Bonchev–Trinajstić information content (AvgIpc) is 3.12. The summed E-state index contributed by atoms with van der Waals surface area (Å²) >= 11 is 5.95. The first kappa shape index (κ1) is 16.5. The third-order valence-electron chi connectivity index (χ3n) is 5.18. The lowest BCUT2D eigenvalue weighted by molar-refractivity contribution is 0.288. The Morgan fingerprint density at radius 1 is 1.00 bits per heavy atom. The summed E-state index contributed by atoms with van der Waals surface area (Å²) in [4.78, 5) is 0. The molecule has 0 aliphatic carbocycles. The molecule has 3 heterocycles. The van der Waals surface area contributed by atoms with E-state index in [1.165, 1.54) is 28.8 Å². The van der Waals surface area contributed by atoms with E-state index in [1.807, 2.05) is 28.8 Å². The lowest BCUT2D eigenvalue weighted by atomic mass is 10.0. The molecule has 0 saturated carbocycles. The highest BCUT2D eigenvalue weighted by Gasteiger charge is 2.22. The quantitative estimate of drug-likeness (QED) is 0.478. The van der Waals surface area contributed by atoms with Crippen molar-refractivity contribution >= 4 is 17.2 Å². The van der Waals surface area contributed by atoms with Gasteiger partial charge in [0.25, 0.3) is 0 Å². The van der Waals surface area contributed by atoms with Crippen molar-refractivity contribution in [2.24, 2.45) is 0 Å². The minimum Gasteiger partial charge on any atom is -0.486 e. The van der Waals surface area contributed by atoms with Crippen LogP contribution in [0.1, 0.15) is 24.2 Å². The highest BCUT2D eigenvalue weighted by Crippen LogP contribution is 2.33. The van der Waals surface area contributed by atoms with Gasteiger partial charge >= 0.3 is 0 Å². The second-order valence-corrected chi connectivity index (χ2v) is 7.36. The number of aryl methyl sites for hydroxylation is 2. The second-order valence-electron chi connectivity index (χ2n) is 6.92. The molecule has 0 fully saturated rings. The van der Waals surface area contributed by atoms with Crippen LogP contribution in [0.4, 0.5) is 0 Å². The fourth-order valence-corrected chi connectivity index (χ4v) is 4.01. The maximum absolute atomic E-state index is 5.95. The van der Waals surface area contributed by atoms with E-state index in [1.54, 1.807) is 0 Å². The van der Waals surface area contributed by atoms with Gasteiger partial charge in [-0.1, -0.05) is 41.9 Å². The zero-order chi connectivity index (χ0) is 18.2. The van der Waals surface area contributed by atoms with Crippen LogP contribution in [0.15, 0.2) is 60.8 Å². The lowest BCUT2D eigenvalue weighted by Gasteiger charge is -2.08. The largest absolute Gasteiger partial charge is 0.486 e. The molecule has 0 amide bonds. The number of hydrogen-bond acceptors (Lipinski definition) is 2. The van der Waals surface area contributed by atoms with Gasteiger partial charge in [0.05, 0.1) is 0 Å². The number of nitrogens with zero attached hydrogens (tertiary/aromatic N) is 3. The third-order valence-corrected chi connectivity index (χ3v) is 5.43. The molecule has 0 unspecified atom stereocenters. The van der Waals surface area contributed by atoms with E-state index >= 15 is 0 Å². The first-order chi connectivity index (χ1) is 13.3. The van der Waals surface area contributed by atoms with Gasteiger partial charge < -0.3 is 9.30 Å². The first-order valence-corrected chi connectivity index (χ1v) is 9.71. The summed E-state index contributed by atoms with van der Waals surface area (Å²) in [5, 5.41) is 5.54. The number of benzene rings is 2. The van der Waals surface area contributed by atoms with Crippen molar-refractivity contribution in [3.63, 3.8) is 0 Å². The van der Waals surface area contributed by atoms with Gasteiger partial charge in [-0.2, -0.15) is 0 Å². The van der Waals surface area contributed by atoms with E-state index in [-0.39, 0.29) is 0 Å². The molecule has 0 atom stereocenters. The molecule has 2 aromatic heterocycles. The number of ether oxygens (including phenoxy) is 1. The van der Waals surface area contributed by atoms with Crippen LogP contribution in [-0.2, 0) is 19.6 Å². The van der Waals surface area contributed by atoms with E-state index in [9.17, 15) is 0 Å². The molecule has 136 valence electrons. The van der Waals surface area contributed by atoms with Crippen LogP contribution in [0.2, 0.25) is 5.02 Å². The molecule has 1 aliphatic rings. The fraction of sp³-hybridized carbons (Fsp3) is 0.227. The molecule has 0 bridgehead atoms. The van der Waals surface area contributed by atoms with Gasteiger partial charge in [0.15, 0.2) is 5.82 Å². The fourth-order valence-electron chi connectivity index (χ4n) is 3.89. The van der Waals surface area contributed by atoms with Crippen LogP contribution in [0.25, 0.3) is 16.8 Å². The lowest BCUT2D eigenvalue weighted by Crippen LogP contribution is -2.07. The van der Waals surface area contributed by atoms with Crippen molar-refractivity contribution in [2.75, 3.05) is 0 Å². The summed E-state index contributed by atoms with van der Waals surface area (Å²) in [7, 11) is 0. The molecular weight excluding hydrogens is 358 g/mol. The Bertz CT molecular complexity index is 1080. The van der Waals surface area contributed by atoms with Gasteiger partial charge in [-0.3, -0.25) is 0 Å². The third kappa shape index (κ3) is 3.00. The monoisotopic (exact) mass is 377 g/mol. The van der Waals surface area contributed by atoms with Crippen molar-refractivity contribution in [3.05, 3.63) is 77.2 Å². The Morgan fingerprint density at radius 2 is 1.81 bits per heavy atom. The van der Waals surface area contributed by atoms with Crippen molar-refractivity contribution in [3.8, 4) is 16.9 Å². The number of halogens is 1. The summed E-state index contributed by atoms with van der Waals surface area (Å²) in [6, 6.07) is 18.0. The van der Waals surface area contributed by atoms with Crippen LogP contribution in [-0.4, -0.2) is 14.2 Å². The molecule has 4 nitrogen and oxygen atoms in total. The van der Waals surface area contributed by atoms with Crippen molar-refractivity contribution in [1.82, 2.24) is 14.2 Å². The Hall–Kier alpha value is -2.72. The predicted octanol–water partition coefficient (Wildman–Crippen LogP) is 5.37. The second kappa shape index (κ2) is 6.78. The Labute approximate surface area is 163 Å². The van der Waals surface area contributed by atoms with E-state index in [0.29, 0.717) is 11.6 Å². The normalized spacial score (nSPS) is 13.7. The maximum Gasteiger partial charge on any atom is 0.169 e. The predicted molar refractivity (Wildman–Crippen MR) is 107 cm³/mol. The van der Waals surface area contributed by atoms with Gasteiger partial charge in [-0.25, -0.2) is 4.52 Å². The van der Waals surface area contributed by atoms with E-state index in [0.717, 1.165) is 31.0 Å². The van der Waals surface area contributed by atoms with Gasteiger partial charge in [-0.15, -0.1) is 5.10 Å².